The van der Waals surface area contributed by atoms with Crippen molar-refractivity contribution in [3.8, 4) is 0 Å². The number of nitrogens with two attached hydrogens (primary N) is 1. The molecule has 1 aliphatic carbocycles. The van der Waals surface area contributed by atoms with Crippen molar-refractivity contribution in [3.05, 3.63) is 0 Å². The lowest BCUT2D eigenvalue weighted by Crippen LogP contribution is -2.39. The Morgan fingerprint density at radius 3 is 2.36 bits per heavy atom. The molecule has 2 heteroatoms. The number of hydrogen-bond donors (Lipinski definition) is 1. The van der Waals surface area contributed by atoms with Gasteiger partial charge in [0.2, 0.25) is 0 Å². The first-order chi connectivity index (χ1) is 6.77. The van der Waals surface area contributed by atoms with Gasteiger partial charge in [0, 0.05) is 6.04 Å². The van der Waals surface area contributed by atoms with Gasteiger partial charge in [-0.25, -0.2) is 0 Å². The first-order valence-corrected chi connectivity index (χ1v) is 7.26. The van der Waals surface area contributed by atoms with E-state index in [1.165, 1.54) is 43.6 Å². The molecule has 0 bridgehead atoms. The molecule has 1 nitrogen and oxygen atoms in total. The highest BCUT2D eigenvalue weighted by Crippen LogP contribution is 2.35. The van der Waals surface area contributed by atoms with Gasteiger partial charge >= 0.3 is 0 Å². The molecule has 0 aromatic rings. The Morgan fingerprint density at radius 2 is 1.79 bits per heavy atom. The minimum Gasteiger partial charge on any atom is -0.327 e. The van der Waals surface area contributed by atoms with Crippen molar-refractivity contribution in [1.82, 2.24) is 0 Å². The summed E-state index contributed by atoms with van der Waals surface area (Å²) in [5.74, 6) is 5.30. The largest absolute Gasteiger partial charge is 0.327 e. The molecule has 1 saturated carbocycles. The van der Waals surface area contributed by atoms with Crippen LogP contribution in [0.5, 0.6) is 0 Å². The fourth-order valence-electron chi connectivity index (χ4n) is 2.91. The van der Waals surface area contributed by atoms with E-state index in [4.69, 9.17) is 5.73 Å². The van der Waals surface area contributed by atoms with Crippen LogP contribution in [0.3, 0.4) is 0 Å². The van der Waals surface area contributed by atoms with E-state index in [1.54, 1.807) is 0 Å². The van der Waals surface area contributed by atoms with Crippen molar-refractivity contribution in [2.24, 2.45) is 23.5 Å². The zero-order valence-corrected chi connectivity index (χ0v) is 10.1. The summed E-state index contributed by atoms with van der Waals surface area (Å²) in [5.41, 5.74) is 6.39. The highest BCUT2D eigenvalue weighted by molar-refractivity contribution is 7.99. The van der Waals surface area contributed by atoms with Crippen LogP contribution in [-0.2, 0) is 0 Å². The molecule has 1 heterocycles. The maximum Gasteiger partial charge on any atom is 0.0104 e. The summed E-state index contributed by atoms with van der Waals surface area (Å²) in [6, 6.07) is 0.512. The third-order valence-corrected chi connectivity index (χ3v) is 5.30. The number of thioether (sulfide) groups is 1. The molecule has 14 heavy (non-hydrogen) atoms. The fourth-order valence-corrected chi connectivity index (χ4v) is 4.24. The summed E-state index contributed by atoms with van der Waals surface area (Å²) in [4.78, 5) is 0. The Kier molecular flexibility index (Phi) is 3.78. The van der Waals surface area contributed by atoms with Crippen LogP contribution in [0, 0.1) is 17.8 Å². The lowest BCUT2D eigenvalue weighted by atomic mass is 9.76. The van der Waals surface area contributed by atoms with Crippen LogP contribution in [-0.4, -0.2) is 17.5 Å². The summed E-state index contributed by atoms with van der Waals surface area (Å²) in [6.07, 6.45) is 6.99. The molecule has 2 fully saturated rings. The van der Waals surface area contributed by atoms with Gasteiger partial charge < -0.3 is 5.73 Å². The molecule has 2 aliphatic rings. The van der Waals surface area contributed by atoms with E-state index in [9.17, 15) is 0 Å². The first-order valence-electron chi connectivity index (χ1n) is 6.10. The van der Waals surface area contributed by atoms with Gasteiger partial charge in [0.15, 0.2) is 0 Å². The molecule has 2 N–H and O–H groups in total. The van der Waals surface area contributed by atoms with Crippen molar-refractivity contribution in [2.75, 3.05) is 11.5 Å². The van der Waals surface area contributed by atoms with Crippen LogP contribution in [0.2, 0.25) is 0 Å². The molecule has 2 atom stereocenters. The second kappa shape index (κ2) is 4.89. The normalized spacial score (nSPS) is 41.1. The van der Waals surface area contributed by atoms with Gasteiger partial charge in [-0.1, -0.05) is 19.8 Å². The van der Waals surface area contributed by atoms with Crippen LogP contribution in [0.1, 0.15) is 39.0 Å². The minimum absolute atomic E-state index is 0.512. The van der Waals surface area contributed by atoms with Crippen molar-refractivity contribution < 1.29 is 0 Å². The van der Waals surface area contributed by atoms with Gasteiger partial charge in [-0.15, -0.1) is 0 Å². The summed E-state index contributed by atoms with van der Waals surface area (Å²) in [5, 5.41) is 0. The number of rotatable bonds is 2. The third-order valence-electron chi connectivity index (χ3n) is 4.11. The Morgan fingerprint density at radius 1 is 1.07 bits per heavy atom. The number of hydrogen-bond acceptors (Lipinski definition) is 2. The van der Waals surface area contributed by atoms with E-state index in [2.05, 4.69) is 18.7 Å². The molecule has 0 aromatic heterocycles. The first kappa shape index (κ1) is 10.8. The lowest BCUT2D eigenvalue weighted by Gasteiger charge is -2.33. The fraction of sp³-hybridized carbons (Fsp3) is 1.00. The Balaban J connectivity index is 1.82. The Labute approximate surface area is 92.2 Å². The average molecular weight is 213 g/mol. The van der Waals surface area contributed by atoms with E-state index in [0.717, 1.165) is 17.8 Å². The highest BCUT2D eigenvalue weighted by atomic mass is 32.2. The van der Waals surface area contributed by atoms with Gasteiger partial charge in [0.25, 0.3) is 0 Å². The van der Waals surface area contributed by atoms with Crippen LogP contribution in [0.15, 0.2) is 0 Å². The van der Waals surface area contributed by atoms with Crippen molar-refractivity contribution >= 4 is 11.8 Å². The second-order valence-electron chi connectivity index (χ2n) is 5.22. The van der Waals surface area contributed by atoms with Crippen molar-refractivity contribution in [2.45, 2.75) is 45.1 Å². The van der Waals surface area contributed by atoms with E-state index in [-0.39, 0.29) is 0 Å². The minimum atomic E-state index is 0.512. The maximum atomic E-state index is 6.39. The average Bonchev–Trinajstić information content (AvgIpc) is 2.71. The van der Waals surface area contributed by atoms with Crippen LogP contribution >= 0.6 is 11.8 Å². The zero-order chi connectivity index (χ0) is 9.97. The van der Waals surface area contributed by atoms with Gasteiger partial charge in [0.1, 0.15) is 0 Å². The topological polar surface area (TPSA) is 26.0 Å². The predicted molar refractivity (Wildman–Crippen MR) is 64.5 cm³/mol. The Bertz CT molecular complexity index is 169. The molecule has 0 spiro atoms. The van der Waals surface area contributed by atoms with Gasteiger partial charge in [-0.3, -0.25) is 0 Å². The Hall–Kier alpha value is 0.310. The molecule has 0 amide bonds. The highest BCUT2D eigenvalue weighted by Gasteiger charge is 2.30. The van der Waals surface area contributed by atoms with Gasteiger partial charge in [-0.05, 0) is 48.5 Å². The smallest absolute Gasteiger partial charge is 0.0104 e. The molecule has 0 aromatic carbocycles. The van der Waals surface area contributed by atoms with Crippen LogP contribution in [0.25, 0.3) is 0 Å². The van der Waals surface area contributed by atoms with E-state index in [0.29, 0.717) is 6.04 Å². The molecule has 82 valence electrons. The summed E-state index contributed by atoms with van der Waals surface area (Å²) < 4.78 is 0. The van der Waals surface area contributed by atoms with E-state index >= 15 is 0 Å². The van der Waals surface area contributed by atoms with E-state index < -0.39 is 0 Å². The molecule has 1 saturated heterocycles. The van der Waals surface area contributed by atoms with Crippen LogP contribution in [0.4, 0.5) is 0 Å². The standard InChI is InChI=1S/C12H23NS/c1-9-2-4-10(5-3-9)12(13)11-6-7-14-8-11/h9-12H,2-8,13H2,1H3. The summed E-state index contributed by atoms with van der Waals surface area (Å²) >= 11 is 2.10. The van der Waals surface area contributed by atoms with Gasteiger partial charge in [-0.2, -0.15) is 11.8 Å². The summed E-state index contributed by atoms with van der Waals surface area (Å²) in [7, 11) is 0. The quantitative estimate of drug-likeness (QED) is 0.763. The van der Waals surface area contributed by atoms with Gasteiger partial charge in [0.05, 0.1) is 0 Å². The molecular formula is C12H23NS. The molecule has 2 rings (SSSR count). The molecule has 2 unspecified atom stereocenters. The molecule has 0 radical (unpaired) electrons. The second-order valence-corrected chi connectivity index (χ2v) is 6.37. The monoisotopic (exact) mass is 213 g/mol. The third kappa shape index (κ3) is 2.46. The summed E-state index contributed by atoms with van der Waals surface area (Å²) in [6.45, 7) is 2.38. The maximum absolute atomic E-state index is 6.39. The molecular weight excluding hydrogens is 190 g/mol. The van der Waals surface area contributed by atoms with Crippen molar-refractivity contribution in [1.29, 1.82) is 0 Å². The SMILES string of the molecule is CC1CCC(C(N)C2CCSC2)CC1. The molecule has 1 aliphatic heterocycles. The van der Waals surface area contributed by atoms with E-state index in [1.807, 2.05) is 0 Å². The van der Waals surface area contributed by atoms with Crippen LogP contribution < -0.4 is 5.73 Å². The predicted octanol–water partition coefficient (Wildman–Crippen LogP) is 2.89. The van der Waals surface area contributed by atoms with Crippen molar-refractivity contribution in [3.63, 3.8) is 0 Å². The lowest BCUT2D eigenvalue weighted by molar-refractivity contribution is 0.221. The zero-order valence-electron chi connectivity index (χ0n) is 9.24.